The van der Waals surface area contributed by atoms with E-state index in [0.29, 0.717) is 5.75 Å². The summed E-state index contributed by atoms with van der Waals surface area (Å²) in [5.41, 5.74) is 9.71. The number of benzene rings is 1. The molecule has 0 atom stereocenters. The van der Waals surface area contributed by atoms with E-state index in [1.807, 2.05) is 12.1 Å². The van der Waals surface area contributed by atoms with Gasteiger partial charge in [0.15, 0.2) is 11.7 Å². The van der Waals surface area contributed by atoms with Crippen LogP contribution < -0.4 is 21.3 Å². The van der Waals surface area contributed by atoms with Crippen LogP contribution in [-0.2, 0) is 4.79 Å². The highest BCUT2D eigenvalue weighted by molar-refractivity contribution is 9.10. The summed E-state index contributed by atoms with van der Waals surface area (Å²) in [4.78, 5) is 11.2. The summed E-state index contributed by atoms with van der Waals surface area (Å²) < 4.78 is 6.14. The second-order valence-electron chi connectivity index (χ2n) is 2.78. The van der Waals surface area contributed by atoms with Crippen LogP contribution in [0.25, 0.3) is 0 Å². The van der Waals surface area contributed by atoms with Gasteiger partial charge in [-0.2, -0.15) is 0 Å². The average molecular weight is 304 g/mol. The highest BCUT2D eigenvalue weighted by atomic mass is 79.9. The van der Waals surface area contributed by atoms with Crippen LogP contribution in [0, 0.1) is 0 Å². The second kappa shape index (κ2) is 6.29. The SMILES string of the molecule is NC(=S)NNC(=O)COc1ccc(Br)cc1. The first kappa shape index (κ1) is 12.7. The summed E-state index contributed by atoms with van der Waals surface area (Å²) in [6.07, 6.45) is 0. The molecular weight excluding hydrogens is 294 g/mol. The van der Waals surface area contributed by atoms with Crippen LogP contribution in [0.3, 0.4) is 0 Å². The van der Waals surface area contributed by atoms with Crippen LogP contribution in [0.5, 0.6) is 5.75 Å². The van der Waals surface area contributed by atoms with Crippen LogP contribution in [0.15, 0.2) is 28.7 Å². The lowest BCUT2D eigenvalue weighted by Gasteiger charge is -2.07. The van der Waals surface area contributed by atoms with Crippen molar-refractivity contribution in [1.82, 2.24) is 10.9 Å². The van der Waals surface area contributed by atoms with E-state index in [4.69, 9.17) is 10.5 Å². The molecule has 0 radical (unpaired) electrons. The van der Waals surface area contributed by atoms with E-state index in [1.165, 1.54) is 0 Å². The molecule has 1 aromatic rings. The molecule has 0 saturated heterocycles. The first-order valence-electron chi connectivity index (χ1n) is 4.30. The molecule has 86 valence electrons. The van der Waals surface area contributed by atoms with Gasteiger partial charge in [-0.15, -0.1) is 0 Å². The molecular formula is C9H10BrN3O2S. The first-order chi connectivity index (χ1) is 7.58. The minimum atomic E-state index is -0.365. The largest absolute Gasteiger partial charge is 0.484 e. The van der Waals surface area contributed by atoms with Crippen molar-refractivity contribution in [1.29, 1.82) is 0 Å². The number of carbonyl (C=O) groups excluding carboxylic acids is 1. The van der Waals surface area contributed by atoms with Gasteiger partial charge in [0, 0.05) is 4.47 Å². The van der Waals surface area contributed by atoms with Crippen LogP contribution >= 0.6 is 28.1 Å². The molecule has 0 spiro atoms. The Morgan fingerprint density at radius 3 is 2.56 bits per heavy atom. The van der Waals surface area contributed by atoms with E-state index in [2.05, 4.69) is 39.0 Å². The highest BCUT2D eigenvalue weighted by Gasteiger charge is 2.01. The summed E-state index contributed by atoms with van der Waals surface area (Å²) >= 11 is 7.81. The molecule has 0 aromatic heterocycles. The minimum Gasteiger partial charge on any atom is -0.484 e. The summed E-state index contributed by atoms with van der Waals surface area (Å²) in [6.45, 7) is -0.114. The van der Waals surface area contributed by atoms with Gasteiger partial charge in [0.1, 0.15) is 5.75 Å². The maximum atomic E-state index is 11.2. The number of rotatable bonds is 3. The monoisotopic (exact) mass is 303 g/mol. The molecule has 0 aliphatic rings. The third-order valence-electron chi connectivity index (χ3n) is 1.51. The molecule has 0 unspecified atom stereocenters. The van der Waals surface area contributed by atoms with Crippen molar-refractivity contribution in [3.63, 3.8) is 0 Å². The molecule has 0 saturated carbocycles. The van der Waals surface area contributed by atoms with Gasteiger partial charge in [0.2, 0.25) is 0 Å². The van der Waals surface area contributed by atoms with Crippen LogP contribution in [0.2, 0.25) is 0 Å². The van der Waals surface area contributed by atoms with Gasteiger partial charge in [-0.1, -0.05) is 15.9 Å². The Hall–Kier alpha value is -1.34. The molecule has 1 rings (SSSR count). The maximum Gasteiger partial charge on any atom is 0.276 e. The molecule has 5 nitrogen and oxygen atoms in total. The molecule has 16 heavy (non-hydrogen) atoms. The molecule has 1 amide bonds. The predicted octanol–water partition coefficient (Wildman–Crippen LogP) is 0.692. The van der Waals surface area contributed by atoms with E-state index in [1.54, 1.807) is 12.1 Å². The fourth-order valence-corrected chi connectivity index (χ4v) is 1.16. The van der Waals surface area contributed by atoms with E-state index < -0.39 is 0 Å². The number of ether oxygens (including phenoxy) is 1. The number of hydrazine groups is 1. The van der Waals surface area contributed by atoms with Gasteiger partial charge < -0.3 is 10.5 Å². The standard InChI is InChI=1S/C9H10BrN3O2S/c10-6-1-3-7(4-2-6)15-5-8(14)12-13-9(11)16/h1-4H,5H2,(H,12,14)(H3,11,13,16). The van der Waals surface area contributed by atoms with Crippen LogP contribution in [-0.4, -0.2) is 17.6 Å². The minimum absolute atomic E-state index is 0.00279. The molecule has 4 N–H and O–H groups in total. The van der Waals surface area contributed by atoms with Gasteiger partial charge in [-0.3, -0.25) is 15.6 Å². The number of nitrogens with one attached hydrogen (secondary N) is 2. The van der Waals surface area contributed by atoms with E-state index in [9.17, 15) is 4.79 Å². The van der Waals surface area contributed by atoms with Gasteiger partial charge in [0.05, 0.1) is 0 Å². The van der Waals surface area contributed by atoms with E-state index in [0.717, 1.165) is 4.47 Å². The molecule has 0 aliphatic heterocycles. The van der Waals surface area contributed by atoms with Gasteiger partial charge >= 0.3 is 0 Å². The summed E-state index contributed by atoms with van der Waals surface area (Å²) in [5, 5.41) is -0.00279. The number of thiocarbonyl (C=S) groups is 1. The highest BCUT2D eigenvalue weighted by Crippen LogP contribution is 2.15. The first-order valence-corrected chi connectivity index (χ1v) is 5.50. The predicted molar refractivity (Wildman–Crippen MR) is 67.7 cm³/mol. The third-order valence-corrected chi connectivity index (χ3v) is 2.14. The average Bonchev–Trinajstić information content (AvgIpc) is 2.25. The number of halogens is 1. The summed E-state index contributed by atoms with van der Waals surface area (Å²) in [7, 11) is 0. The zero-order chi connectivity index (χ0) is 12.0. The van der Waals surface area contributed by atoms with Crippen molar-refractivity contribution in [2.75, 3.05) is 6.61 Å². The van der Waals surface area contributed by atoms with Gasteiger partial charge in [-0.05, 0) is 36.5 Å². The zero-order valence-electron chi connectivity index (χ0n) is 8.20. The van der Waals surface area contributed by atoms with Gasteiger partial charge in [0.25, 0.3) is 5.91 Å². The van der Waals surface area contributed by atoms with Crippen LogP contribution in [0.1, 0.15) is 0 Å². The quantitative estimate of drug-likeness (QED) is 0.566. The van der Waals surface area contributed by atoms with Crippen LogP contribution in [0.4, 0.5) is 0 Å². The van der Waals surface area contributed by atoms with Crippen molar-refractivity contribution < 1.29 is 9.53 Å². The topological polar surface area (TPSA) is 76.4 Å². The number of amides is 1. The third kappa shape index (κ3) is 4.94. The molecule has 0 aliphatic carbocycles. The normalized spacial score (nSPS) is 9.31. The van der Waals surface area contributed by atoms with Crippen molar-refractivity contribution in [3.05, 3.63) is 28.7 Å². The van der Waals surface area contributed by atoms with Crippen molar-refractivity contribution in [2.24, 2.45) is 5.73 Å². The van der Waals surface area contributed by atoms with Crippen molar-refractivity contribution in [2.45, 2.75) is 0 Å². The fraction of sp³-hybridized carbons (Fsp3) is 0.111. The molecule has 0 bridgehead atoms. The Kier molecular flexibility index (Phi) is 5.00. The molecule has 7 heteroatoms. The van der Waals surface area contributed by atoms with Crippen molar-refractivity contribution >= 4 is 39.2 Å². The Labute approximate surface area is 106 Å². The molecule has 0 heterocycles. The Morgan fingerprint density at radius 2 is 2.00 bits per heavy atom. The number of hydrogen-bond acceptors (Lipinski definition) is 3. The van der Waals surface area contributed by atoms with Gasteiger partial charge in [-0.25, -0.2) is 0 Å². The number of hydrogen-bond donors (Lipinski definition) is 3. The Morgan fingerprint density at radius 1 is 1.38 bits per heavy atom. The zero-order valence-corrected chi connectivity index (χ0v) is 10.6. The smallest absolute Gasteiger partial charge is 0.276 e. The summed E-state index contributed by atoms with van der Waals surface area (Å²) in [5.74, 6) is 0.240. The summed E-state index contributed by atoms with van der Waals surface area (Å²) in [6, 6.07) is 7.14. The fourth-order valence-electron chi connectivity index (χ4n) is 0.847. The van der Waals surface area contributed by atoms with E-state index >= 15 is 0 Å². The van der Waals surface area contributed by atoms with Crippen molar-refractivity contribution in [3.8, 4) is 5.75 Å². The maximum absolute atomic E-state index is 11.2. The molecule has 1 aromatic carbocycles. The van der Waals surface area contributed by atoms with E-state index in [-0.39, 0.29) is 17.6 Å². The Bertz CT molecular complexity index is 383. The second-order valence-corrected chi connectivity index (χ2v) is 4.14. The lowest BCUT2D eigenvalue weighted by Crippen LogP contribution is -2.46. The molecule has 0 fully saturated rings. The lowest BCUT2D eigenvalue weighted by atomic mass is 10.3. The lowest BCUT2D eigenvalue weighted by molar-refractivity contribution is -0.123. The Balaban J connectivity index is 2.31. The number of nitrogens with two attached hydrogens (primary N) is 1. The number of carbonyl (C=O) groups is 1.